The molecule has 0 radical (unpaired) electrons. The van der Waals surface area contributed by atoms with Gasteiger partial charge in [-0.25, -0.2) is 9.78 Å². The van der Waals surface area contributed by atoms with E-state index >= 15 is 0 Å². The standard InChI is InChI=1S/C30H28N8O2/c1-3-36-29(39)26-28(37(30(36)40)18-17-21-9-5-4-6-10-21)31-20(2)38(26)19-22-13-15-23(16-14-22)24-11-7-8-12-25(24)27-32-34-35-33-27/h4-16H,3,17-19H2,1-2H3,(H,32,33,34,35). The van der Waals surface area contributed by atoms with Crippen LogP contribution in [0.15, 0.2) is 88.5 Å². The molecule has 10 heteroatoms. The second kappa shape index (κ2) is 10.6. The fraction of sp³-hybridized carbons (Fsp3) is 0.200. The molecule has 1 N–H and O–H groups in total. The summed E-state index contributed by atoms with van der Waals surface area (Å²) in [6.45, 7) is 4.86. The Bertz CT molecular complexity index is 1900. The molecule has 3 aromatic carbocycles. The molecule has 6 aromatic rings. The monoisotopic (exact) mass is 532 g/mol. The second-order valence-electron chi connectivity index (χ2n) is 9.61. The van der Waals surface area contributed by atoms with Crippen LogP contribution in [0.25, 0.3) is 33.7 Å². The lowest BCUT2D eigenvalue weighted by atomic mass is 9.98. The number of aromatic nitrogens is 8. The van der Waals surface area contributed by atoms with E-state index in [1.807, 2.05) is 97.3 Å². The van der Waals surface area contributed by atoms with Gasteiger partial charge in [0.1, 0.15) is 5.82 Å². The zero-order valence-corrected chi connectivity index (χ0v) is 22.3. The van der Waals surface area contributed by atoms with Crippen molar-refractivity contribution in [1.82, 2.24) is 39.3 Å². The van der Waals surface area contributed by atoms with Crippen LogP contribution in [0.3, 0.4) is 0 Å². The van der Waals surface area contributed by atoms with Gasteiger partial charge in [-0.2, -0.15) is 5.21 Å². The number of hydrogen-bond donors (Lipinski definition) is 1. The van der Waals surface area contributed by atoms with E-state index in [9.17, 15) is 9.59 Å². The van der Waals surface area contributed by atoms with E-state index in [1.165, 1.54) is 4.57 Å². The molecule has 6 rings (SSSR count). The normalized spacial score (nSPS) is 11.3. The van der Waals surface area contributed by atoms with Crippen LogP contribution in [0.5, 0.6) is 0 Å². The fourth-order valence-corrected chi connectivity index (χ4v) is 5.14. The van der Waals surface area contributed by atoms with Gasteiger partial charge < -0.3 is 4.57 Å². The summed E-state index contributed by atoms with van der Waals surface area (Å²) in [5.74, 6) is 1.21. The topological polar surface area (TPSA) is 116 Å². The van der Waals surface area contributed by atoms with Crippen LogP contribution in [0.4, 0.5) is 0 Å². The molecule has 40 heavy (non-hydrogen) atoms. The molecule has 0 saturated carbocycles. The highest BCUT2D eigenvalue weighted by atomic mass is 16.2. The Kier molecular flexibility index (Phi) is 6.65. The molecule has 0 atom stereocenters. The third-order valence-electron chi connectivity index (χ3n) is 7.21. The molecule has 0 aliphatic carbocycles. The Morgan fingerprint density at radius 3 is 2.23 bits per heavy atom. The first kappa shape index (κ1) is 25.2. The van der Waals surface area contributed by atoms with E-state index in [1.54, 1.807) is 4.57 Å². The predicted octanol–water partition coefficient (Wildman–Crippen LogP) is 3.83. The van der Waals surface area contributed by atoms with E-state index in [-0.39, 0.29) is 17.8 Å². The van der Waals surface area contributed by atoms with Gasteiger partial charge in [-0.3, -0.25) is 13.9 Å². The van der Waals surface area contributed by atoms with Gasteiger partial charge in [0.05, 0.1) is 0 Å². The number of benzene rings is 3. The minimum atomic E-state index is -0.329. The van der Waals surface area contributed by atoms with Gasteiger partial charge in [0.25, 0.3) is 5.56 Å². The first-order valence-electron chi connectivity index (χ1n) is 13.2. The molecular formula is C30H28N8O2. The zero-order valence-electron chi connectivity index (χ0n) is 22.3. The molecule has 0 aliphatic rings. The Hall–Kier alpha value is -5.12. The third-order valence-corrected chi connectivity index (χ3v) is 7.21. The highest BCUT2D eigenvalue weighted by Gasteiger charge is 2.20. The van der Waals surface area contributed by atoms with Crippen molar-refractivity contribution in [2.75, 3.05) is 0 Å². The maximum atomic E-state index is 13.5. The zero-order chi connectivity index (χ0) is 27.6. The maximum absolute atomic E-state index is 13.5. The smallest absolute Gasteiger partial charge is 0.318 e. The van der Waals surface area contributed by atoms with Crippen molar-refractivity contribution in [3.8, 4) is 22.5 Å². The van der Waals surface area contributed by atoms with Gasteiger partial charge in [0, 0.05) is 25.2 Å². The number of tetrazole rings is 1. The van der Waals surface area contributed by atoms with E-state index in [0.29, 0.717) is 42.3 Å². The van der Waals surface area contributed by atoms with Crippen molar-refractivity contribution in [2.45, 2.75) is 39.9 Å². The molecule has 0 spiro atoms. The number of aryl methyl sites for hydroxylation is 3. The summed E-state index contributed by atoms with van der Waals surface area (Å²) in [7, 11) is 0. The van der Waals surface area contributed by atoms with Crippen molar-refractivity contribution in [3.05, 3.63) is 117 Å². The number of H-pyrrole nitrogens is 1. The lowest BCUT2D eigenvalue weighted by Crippen LogP contribution is -2.40. The third kappa shape index (κ3) is 4.53. The van der Waals surface area contributed by atoms with Crippen LogP contribution in [-0.2, 0) is 26.1 Å². The van der Waals surface area contributed by atoms with Gasteiger partial charge >= 0.3 is 5.69 Å². The molecule has 0 saturated heterocycles. The van der Waals surface area contributed by atoms with Crippen LogP contribution >= 0.6 is 0 Å². The van der Waals surface area contributed by atoms with E-state index in [2.05, 4.69) is 20.6 Å². The highest BCUT2D eigenvalue weighted by molar-refractivity contribution is 5.80. The Morgan fingerprint density at radius 1 is 0.800 bits per heavy atom. The van der Waals surface area contributed by atoms with Crippen LogP contribution in [0, 0.1) is 6.92 Å². The molecule has 3 heterocycles. The summed E-state index contributed by atoms with van der Waals surface area (Å²) in [5.41, 5.74) is 5.25. The highest BCUT2D eigenvalue weighted by Crippen LogP contribution is 2.30. The van der Waals surface area contributed by atoms with Crippen molar-refractivity contribution < 1.29 is 0 Å². The Labute approximate surface area is 229 Å². The average molecular weight is 533 g/mol. The number of hydrogen-bond acceptors (Lipinski definition) is 6. The van der Waals surface area contributed by atoms with Gasteiger partial charge in [-0.15, -0.1) is 10.2 Å². The van der Waals surface area contributed by atoms with Crippen LogP contribution in [0.2, 0.25) is 0 Å². The molecule has 0 bridgehead atoms. The summed E-state index contributed by atoms with van der Waals surface area (Å²) in [5, 5.41) is 14.5. The lowest BCUT2D eigenvalue weighted by molar-refractivity contribution is 0.584. The second-order valence-corrected chi connectivity index (χ2v) is 9.61. The number of imidazole rings is 1. The summed E-state index contributed by atoms with van der Waals surface area (Å²) in [6, 6.07) is 26.1. The van der Waals surface area contributed by atoms with E-state index < -0.39 is 0 Å². The summed E-state index contributed by atoms with van der Waals surface area (Å²) >= 11 is 0. The Balaban J connectivity index is 1.36. The summed E-state index contributed by atoms with van der Waals surface area (Å²) in [4.78, 5) is 31.5. The fourth-order valence-electron chi connectivity index (χ4n) is 5.14. The maximum Gasteiger partial charge on any atom is 0.332 e. The quantitative estimate of drug-likeness (QED) is 0.319. The number of nitrogens with zero attached hydrogens (tertiary/aromatic N) is 7. The average Bonchev–Trinajstić information content (AvgIpc) is 3.63. The molecule has 0 fully saturated rings. The largest absolute Gasteiger partial charge is 0.332 e. The molecule has 200 valence electrons. The lowest BCUT2D eigenvalue weighted by Gasteiger charge is -2.12. The Morgan fingerprint density at radius 2 is 1.52 bits per heavy atom. The van der Waals surface area contributed by atoms with Crippen molar-refractivity contribution in [2.24, 2.45) is 0 Å². The number of fused-ring (bicyclic) bond motifs is 1. The van der Waals surface area contributed by atoms with Crippen LogP contribution in [0.1, 0.15) is 23.9 Å². The van der Waals surface area contributed by atoms with Gasteiger partial charge in [0.15, 0.2) is 11.2 Å². The summed E-state index contributed by atoms with van der Waals surface area (Å²) < 4.78 is 4.84. The predicted molar refractivity (Wildman–Crippen MR) is 153 cm³/mol. The van der Waals surface area contributed by atoms with Gasteiger partial charge in [0.2, 0.25) is 5.82 Å². The molecule has 0 unspecified atom stereocenters. The number of rotatable bonds is 8. The molecule has 0 amide bonds. The van der Waals surface area contributed by atoms with Crippen LogP contribution in [-0.4, -0.2) is 39.3 Å². The van der Waals surface area contributed by atoms with Crippen molar-refractivity contribution >= 4 is 11.2 Å². The molecule has 0 aliphatic heterocycles. The first-order valence-corrected chi connectivity index (χ1v) is 13.2. The first-order chi connectivity index (χ1) is 19.5. The summed E-state index contributed by atoms with van der Waals surface area (Å²) in [6.07, 6.45) is 0.663. The van der Waals surface area contributed by atoms with Crippen LogP contribution < -0.4 is 11.2 Å². The van der Waals surface area contributed by atoms with E-state index in [0.717, 1.165) is 27.8 Å². The van der Waals surface area contributed by atoms with Crippen molar-refractivity contribution in [1.29, 1.82) is 0 Å². The van der Waals surface area contributed by atoms with Gasteiger partial charge in [-0.1, -0.05) is 78.9 Å². The van der Waals surface area contributed by atoms with Crippen molar-refractivity contribution in [3.63, 3.8) is 0 Å². The minimum absolute atomic E-state index is 0.289. The number of nitrogens with one attached hydrogen (secondary N) is 1. The van der Waals surface area contributed by atoms with E-state index in [4.69, 9.17) is 4.98 Å². The van der Waals surface area contributed by atoms with Gasteiger partial charge in [-0.05, 0) is 47.7 Å². The number of aromatic amines is 1. The molecule has 3 aromatic heterocycles. The minimum Gasteiger partial charge on any atom is -0.318 e. The molecule has 10 nitrogen and oxygen atoms in total. The molecular weight excluding hydrogens is 504 g/mol. The SMILES string of the molecule is CCn1c(=O)c2c(nc(C)n2Cc2ccc(-c3ccccc3-c3nn[nH]n3)cc2)n(CCc2ccccc2)c1=O.